The van der Waals surface area contributed by atoms with E-state index < -0.39 is 0 Å². The Bertz CT molecular complexity index is 2380. The lowest BCUT2D eigenvalue weighted by atomic mass is 9.90. The Morgan fingerprint density at radius 2 is 1.69 bits per heavy atom. The molecule has 0 saturated carbocycles. The van der Waals surface area contributed by atoms with Gasteiger partial charge < -0.3 is 20.1 Å². The lowest BCUT2D eigenvalue weighted by Crippen LogP contribution is -2.40. The van der Waals surface area contributed by atoms with Crippen molar-refractivity contribution in [3.8, 4) is 22.4 Å². The van der Waals surface area contributed by atoms with Gasteiger partial charge in [0.25, 0.3) is 5.91 Å². The highest BCUT2D eigenvalue weighted by Gasteiger charge is 2.29. The zero-order valence-corrected chi connectivity index (χ0v) is 33.9. The van der Waals surface area contributed by atoms with Crippen molar-refractivity contribution in [3.63, 3.8) is 0 Å². The highest BCUT2D eigenvalue weighted by molar-refractivity contribution is 6.01. The van der Waals surface area contributed by atoms with Crippen LogP contribution < -0.4 is 15.5 Å². The van der Waals surface area contributed by atoms with Crippen LogP contribution in [-0.2, 0) is 27.3 Å². The molecular formula is C46H52N8O4. The van der Waals surface area contributed by atoms with Gasteiger partial charge in [-0.1, -0.05) is 24.3 Å². The van der Waals surface area contributed by atoms with Gasteiger partial charge in [-0.3, -0.25) is 29.4 Å². The van der Waals surface area contributed by atoms with Gasteiger partial charge in [0.1, 0.15) is 5.52 Å². The highest BCUT2D eigenvalue weighted by Crippen LogP contribution is 2.33. The number of benzene rings is 3. The van der Waals surface area contributed by atoms with E-state index in [0.717, 1.165) is 102 Å². The minimum absolute atomic E-state index is 0.0156. The van der Waals surface area contributed by atoms with E-state index in [4.69, 9.17) is 9.97 Å². The summed E-state index contributed by atoms with van der Waals surface area (Å²) in [5.74, 6) is -0.203. The number of aromatic nitrogens is 3. The molecule has 2 aromatic heterocycles. The first-order chi connectivity index (χ1) is 28.0. The number of hydrogen-bond acceptors (Lipinski definition) is 8. The van der Waals surface area contributed by atoms with E-state index in [9.17, 15) is 19.2 Å². The molecule has 1 unspecified atom stereocenters. The van der Waals surface area contributed by atoms with Crippen molar-refractivity contribution in [2.45, 2.75) is 64.8 Å². The second kappa shape index (κ2) is 16.5. The molecule has 300 valence electrons. The average molecular weight is 781 g/mol. The quantitative estimate of drug-likeness (QED) is 0.149. The predicted octanol–water partition coefficient (Wildman–Crippen LogP) is 5.91. The maximum atomic E-state index is 13.0. The maximum absolute atomic E-state index is 13.0. The molecule has 8 rings (SSSR count). The molecule has 3 aromatic carbocycles. The van der Waals surface area contributed by atoms with Crippen molar-refractivity contribution in [1.29, 1.82) is 0 Å². The molecule has 5 aromatic rings. The van der Waals surface area contributed by atoms with Crippen molar-refractivity contribution in [1.82, 2.24) is 35.4 Å². The Morgan fingerprint density at radius 3 is 2.43 bits per heavy atom. The number of aryl methyl sites for hydroxylation is 2. The number of carbonyl (C=O) groups excluding carboxylic acids is 4. The van der Waals surface area contributed by atoms with E-state index in [2.05, 4.69) is 56.6 Å². The largest absolute Gasteiger partial charge is 0.372 e. The fourth-order valence-electron chi connectivity index (χ4n) is 8.83. The van der Waals surface area contributed by atoms with E-state index in [1.807, 2.05) is 49.6 Å². The first-order valence-corrected chi connectivity index (χ1v) is 20.5. The van der Waals surface area contributed by atoms with Crippen LogP contribution in [0.25, 0.3) is 33.5 Å². The Kier molecular flexibility index (Phi) is 11.1. The topological polar surface area (TPSA) is 144 Å². The number of piperidine rings is 2. The first kappa shape index (κ1) is 39.0. The number of H-pyrrole nitrogens is 1. The summed E-state index contributed by atoms with van der Waals surface area (Å²) in [5.41, 5.74) is 12.9. The summed E-state index contributed by atoms with van der Waals surface area (Å²) in [4.78, 5) is 68.9. The Labute approximate surface area is 339 Å². The van der Waals surface area contributed by atoms with Crippen LogP contribution in [0.2, 0.25) is 0 Å². The van der Waals surface area contributed by atoms with Crippen molar-refractivity contribution in [3.05, 3.63) is 100 Å². The highest BCUT2D eigenvalue weighted by atomic mass is 16.2. The number of fused-ring (bicyclic) bond motifs is 2. The van der Waals surface area contributed by atoms with Crippen LogP contribution in [-0.4, -0.2) is 95.2 Å². The predicted molar refractivity (Wildman–Crippen MR) is 225 cm³/mol. The zero-order valence-electron chi connectivity index (χ0n) is 33.9. The third-order valence-electron chi connectivity index (χ3n) is 12.2. The summed E-state index contributed by atoms with van der Waals surface area (Å²) in [6.07, 6.45) is 8.11. The molecule has 2 saturated heterocycles. The molecule has 58 heavy (non-hydrogen) atoms. The summed E-state index contributed by atoms with van der Waals surface area (Å²) < 4.78 is 0. The number of anilines is 1. The van der Waals surface area contributed by atoms with Crippen molar-refractivity contribution in [2.75, 3.05) is 51.7 Å². The van der Waals surface area contributed by atoms with Gasteiger partial charge in [-0.25, -0.2) is 9.97 Å². The maximum Gasteiger partial charge on any atom is 0.253 e. The summed E-state index contributed by atoms with van der Waals surface area (Å²) in [7, 11) is 3.53. The van der Waals surface area contributed by atoms with E-state index in [0.29, 0.717) is 37.3 Å². The standard InChI is InChI=1S/C46H52N8O4/c1-28-21-32(7-10-36(28)46(58)52(3)4)38-25-48-44-43(38)50-40(26-49-44)34-22-29(2)39-27-53(17-15-33(39)24-34)20-16-47-42(56)23-30-13-18-54(19-14-30)35-8-5-31(6-9-35)37-11-12-41(55)51-45(37)57/h5-10,21-22,24-26,30,37H,11-20,23,27H2,1-4H3,(H,47,56)(H,48,49)(H,51,55,57). The summed E-state index contributed by atoms with van der Waals surface area (Å²) >= 11 is 0. The van der Waals surface area contributed by atoms with Gasteiger partial charge in [-0.15, -0.1) is 0 Å². The van der Waals surface area contributed by atoms with Crippen LogP contribution in [0.5, 0.6) is 0 Å². The van der Waals surface area contributed by atoms with Crippen LogP contribution in [0.1, 0.15) is 76.2 Å². The molecule has 0 spiro atoms. The third-order valence-corrected chi connectivity index (χ3v) is 12.2. The molecule has 3 N–H and O–H groups in total. The molecule has 5 heterocycles. The Balaban J connectivity index is 0.819. The average Bonchev–Trinajstić information content (AvgIpc) is 3.64. The van der Waals surface area contributed by atoms with E-state index in [1.165, 1.54) is 16.7 Å². The molecule has 2 fully saturated rings. The van der Waals surface area contributed by atoms with Gasteiger partial charge in [0.2, 0.25) is 17.7 Å². The van der Waals surface area contributed by atoms with Crippen LogP contribution in [0.15, 0.2) is 67.0 Å². The monoisotopic (exact) mass is 780 g/mol. The van der Waals surface area contributed by atoms with Crippen molar-refractivity contribution < 1.29 is 19.2 Å². The van der Waals surface area contributed by atoms with E-state index >= 15 is 0 Å². The molecule has 0 radical (unpaired) electrons. The Hall–Kier alpha value is -5.88. The molecule has 12 heteroatoms. The minimum Gasteiger partial charge on any atom is -0.372 e. The number of imide groups is 1. The fourth-order valence-corrected chi connectivity index (χ4v) is 8.83. The number of carbonyl (C=O) groups is 4. The molecular weight excluding hydrogens is 729 g/mol. The number of aromatic amines is 1. The van der Waals surface area contributed by atoms with Crippen LogP contribution in [0.3, 0.4) is 0 Å². The Morgan fingerprint density at radius 1 is 0.914 bits per heavy atom. The lowest BCUT2D eigenvalue weighted by molar-refractivity contribution is -0.134. The normalized spacial score (nSPS) is 17.6. The van der Waals surface area contributed by atoms with Crippen molar-refractivity contribution >= 4 is 40.5 Å². The number of hydrogen-bond donors (Lipinski definition) is 3. The van der Waals surface area contributed by atoms with Gasteiger partial charge in [-0.2, -0.15) is 0 Å². The van der Waals surface area contributed by atoms with E-state index in [-0.39, 0.29) is 29.5 Å². The summed E-state index contributed by atoms with van der Waals surface area (Å²) in [6.45, 7) is 9.14. The molecule has 3 aliphatic rings. The second-order valence-electron chi connectivity index (χ2n) is 16.4. The molecule has 0 bridgehead atoms. The molecule has 4 amide bonds. The first-order valence-electron chi connectivity index (χ1n) is 20.5. The van der Waals surface area contributed by atoms with Gasteiger partial charge in [0.15, 0.2) is 5.65 Å². The minimum atomic E-state index is -0.271. The lowest BCUT2D eigenvalue weighted by Gasteiger charge is -2.34. The van der Waals surface area contributed by atoms with Gasteiger partial charge in [0, 0.05) is 94.8 Å². The molecule has 1 atom stereocenters. The van der Waals surface area contributed by atoms with E-state index in [1.54, 1.807) is 19.0 Å². The molecule has 12 nitrogen and oxygen atoms in total. The van der Waals surface area contributed by atoms with Gasteiger partial charge in [-0.05, 0) is 109 Å². The zero-order chi connectivity index (χ0) is 40.5. The van der Waals surface area contributed by atoms with Gasteiger partial charge >= 0.3 is 0 Å². The molecule has 3 aliphatic heterocycles. The van der Waals surface area contributed by atoms with Crippen molar-refractivity contribution in [2.24, 2.45) is 5.92 Å². The molecule has 0 aliphatic carbocycles. The second-order valence-corrected chi connectivity index (χ2v) is 16.4. The van der Waals surface area contributed by atoms with Crippen LogP contribution in [0, 0.1) is 19.8 Å². The summed E-state index contributed by atoms with van der Waals surface area (Å²) in [5, 5.41) is 5.64. The number of nitrogens with one attached hydrogen (secondary N) is 3. The SMILES string of the molecule is Cc1cc(-c2c[nH]c3ncc(-c4cc(C)c5c(c4)CCN(CCNC(=O)CC4CCN(c6ccc(C7CCC(=O)NC7=O)cc6)CC4)C5)nc23)ccc1C(=O)N(C)C. The number of nitrogens with zero attached hydrogens (tertiary/aromatic N) is 5. The number of rotatable bonds is 10. The number of amides is 4. The van der Waals surface area contributed by atoms with Gasteiger partial charge in [0.05, 0.1) is 17.8 Å². The smallest absolute Gasteiger partial charge is 0.253 e. The third kappa shape index (κ3) is 8.24. The van der Waals surface area contributed by atoms with Crippen LogP contribution >= 0.6 is 0 Å². The summed E-state index contributed by atoms with van der Waals surface area (Å²) in [6, 6.07) is 18.5. The fraction of sp³-hybridized carbons (Fsp3) is 0.391. The van der Waals surface area contributed by atoms with Crippen LogP contribution in [0.4, 0.5) is 5.69 Å².